The van der Waals surface area contributed by atoms with Gasteiger partial charge in [0.2, 0.25) is 0 Å². The second-order valence-corrected chi connectivity index (χ2v) is 6.22. The average molecular weight is 379 g/mol. The van der Waals surface area contributed by atoms with E-state index >= 15 is 0 Å². The van der Waals surface area contributed by atoms with Crippen molar-refractivity contribution in [1.82, 2.24) is 5.32 Å². The predicted molar refractivity (Wildman–Crippen MR) is 90.3 cm³/mol. The highest BCUT2D eigenvalue weighted by Gasteiger charge is 2.22. The number of benzene rings is 2. The highest BCUT2D eigenvalue weighted by molar-refractivity contribution is 14.1. The van der Waals surface area contributed by atoms with Crippen molar-refractivity contribution in [1.29, 1.82) is 0 Å². The Morgan fingerprint density at radius 3 is 2.75 bits per heavy atom. The predicted octanol–water partition coefficient (Wildman–Crippen LogP) is 3.93. The molecule has 3 heteroatoms. The molecule has 0 amide bonds. The van der Waals surface area contributed by atoms with Gasteiger partial charge < -0.3 is 10.1 Å². The molecule has 1 aliphatic rings. The first-order valence-corrected chi connectivity index (χ1v) is 8.11. The molecular weight excluding hydrogens is 361 g/mol. The summed E-state index contributed by atoms with van der Waals surface area (Å²) in [5, 5.41) is 3.58. The summed E-state index contributed by atoms with van der Waals surface area (Å²) in [5.74, 6) is 1.08. The maximum Gasteiger partial charge on any atom is 0.127 e. The summed E-state index contributed by atoms with van der Waals surface area (Å²) in [5.41, 5.74) is 3.87. The van der Waals surface area contributed by atoms with Crippen LogP contribution in [0.25, 0.3) is 0 Å². The molecule has 0 aromatic heterocycles. The molecule has 0 fully saturated rings. The SMILES string of the molecule is CCNC(c1ccc(I)cc1)c1cccc2c1OCC2. The van der Waals surface area contributed by atoms with Crippen LogP contribution >= 0.6 is 22.6 Å². The van der Waals surface area contributed by atoms with Crippen molar-refractivity contribution in [3.63, 3.8) is 0 Å². The number of rotatable bonds is 4. The Bertz CT molecular complexity index is 594. The van der Waals surface area contributed by atoms with E-state index < -0.39 is 0 Å². The molecule has 0 spiro atoms. The zero-order valence-corrected chi connectivity index (χ0v) is 13.7. The first-order chi connectivity index (χ1) is 9.79. The van der Waals surface area contributed by atoms with Crippen molar-refractivity contribution >= 4 is 22.6 Å². The quantitative estimate of drug-likeness (QED) is 0.814. The minimum atomic E-state index is 0.199. The van der Waals surface area contributed by atoms with Crippen LogP contribution in [0.2, 0.25) is 0 Å². The first-order valence-electron chi connectivity index (χ1n) is 7.03. The summed E-state index contributed by atoms with van der Waals surface area (Å²) >= 11 is 2.34. The largest absolute Gasteiger partial charge is 0.493 e. The van der Waals surface area contributed by atoms with Crippen LogP contribution in [0, 0.1) is 3.57 Å². The average Bonchev–Trinajstić information content (AvgIpc) is 2.94. The second kappa shape index (κ2) is 6.14. The molecule has 2 aromatic rings. The van der Waals surface area contributed by atoms with Crippen molar-refractivity contribution in [2.24, 2.45) is 0 Å². The van der Waals surface area contributed by atoms with E-state index in [4.69, 9.17) is 4.74 Å². The first kappa shape index (κ1) is 13.9. The summed E-state index contributed by atoms with van der Waals surface area (Å²) in [7, 11) is 0. The molecule has 0 bridgehead atoms. The molecule has 1 heterocycles. The Balaban J connectivity index is 2.03. The Morgan fingerprint density at radius 2 is 2.00 bits per heavy atom. The Kier molecular flexibility index (Phi) is 4.27. The Morgan fingerprint density at radius 1 is 1.20 bits per heavy atom. The summed E-state index contributed by atoms with van der Waals surface area (Å²) in [4.78, 5) is 0. The number of nitrogens with one attached hydrogen (secondary N) is 1. The van der Waals surface area contributed by atoms with E-state index in [-0.39, 0.29) is 6.04 Å². The lowest BCUT2D eigenvalue weighted by Crippen LogP contribution is -2.22. The maximum absolute atomic E-state index is 5.86. The molecule has 20 heavy (non-hydrogen) atoms. The molecular formula is C17H18INO. The molecule has 2 nitrogen and oxygen atoms in total. The smallest absolute Gasteiger partial charge is 0.127 e. The van der Waals surface area contributed by atoms with Crippen LogP contribution in [0.3, 0.4) is 0 Å². The highest BCUT2D eigenvalue weighted by Crippen LogP contribution is 2.36. The van der Waals surface area contributed by atoms with Crippen molar-refractivity contribution < 1.29 is 4.74 Å². The molecule has 1 aliphatic heterocycles. The van der Waals surface area contributed by atoms with E-state index in [1.54, 1.807) is 0 Å². The summed E-state index contributed by atoms with van der Waals surface area (Å²) < 4.78 is 7.12. The van der Waals surface area contributed by atoms with Gasteiger partial charge in [0.15, 0.2) is 0 Å². The van der Waals surface area contributed by atoms with Crippen molar-refractivity contribution in [3.05, 3.63) is 62.7 Å². The minimum Gasteiger partial charge on any atom is -0.493 e. The molecule has 1 N–H and O–H groups in total. The van der Waals surface area contributed by atoms with Crippen LogP contribution < -0.4 is 10.1 Å². The Hall–Kier alpha value is -1.07. The summed E-state index contributed by atoms with van der Waals surface area (Å²) in [6.45, 7) is 3.88. The van der Waals surface area contributed by atoms with Gasteiger partial charge in [0.1, 0.15) is 5.75 Å². The van der Waals surface area contributed by atoms with Gasteiger partial charge in [-0.25, -0.2) is 0 Å². The number of para-hydroxylation sites is 1. The number of fused-ring (bicyclic) bond motifs is 1. The summed E-state index contributed by atoms with van der Waals surface area (Å²) in [6, 6.07) is 15.4. The molecule has 1 unspecified atom stereocenters. The van der Waals surface area contributed by atoms with Crippen molar-refractivity contribution in [2.45, 2.75) is 19.4 Å². The van der Waals surface area contributed by atoms with Crippen LogP contribution in [0.5, 0.6) is 5.75 Å². The van der Waals surface area contributed by atoms with Gasteiger partial charge >= 0.3 is 0 Å². The minimum absolute atomic E-state index is 0.199. The van der Waals surface area contributed by atoms with E-state index in [0.717, 1.165) is 25.3 Å². The fourth-order valence-electron chi connectivity index (χ4n) is 2.73. The van der Waals surface area contributed by atoms with E-state index in [0.29, 0.717) is 0 Å². The van der Waals surface area contributed by atoms with Gasteiger partial charge in [-0.05, 0) is 52.4 Å². The van der Waals surface area contributed by atoms with E-state index in [1.165, 1.54) is 20.3 Å². The van der Waals surface area contributed by atoms with Gasteiger partial charge in [0.25, 0.3) is 0 Å². The molecule has 0 aliphatic carbocycles. The normalized spacial score (nSPS) is 14.7. The number of hydrogen-bond donors (Lipinski definition) is 1. The van der Waals surface area contributed by atoms with Gasteiger partial charge in [-0.15, -0.1) is 0 Å². The lowest BCUT2D eigenvalue weighted by atomic mass is 9.96. The standard InChI is InChI=1S/C17H18INO/c1-2-19-16(12-6-8-14(18)9-7-12)15-5-3-4-13-10-11-20-17(13)15/h3-9,16,19H,2,10-11H2,1H3. The second-order valence-electron chi connectivity index (χ2n) is 4.98. The fourth-order valence-corrected chi connectivity index (χ4v) is 3.09. The number of hydrogen-bond acceptors (Lipinski definition) is 2. The van der Waals surface area contributed by atoms with Gasteiger partial charge in [0.05, 0.1) is 12.6 Å². The topological polar surface area (TPSA) is 21.3 Å². The zero-order valence-electron chi connectivity index (χ0n) is 11.5. The van der Waals surface area contributed by atoms with Crippen LogP contribution in [0.15, 0.2) is 42.5 Å². The highest BCUT2D eigenvalue weighted by atomic mass is 127. The summed E-state index contributed by atoms with van der Waals surface area (Å²) in [6.07, 6.45) is 1.02. The van der Waals surface area contributed by atoms with Gasteiger partial charge in [0, 0.05) is 15.6 Å². The lowest BCUT2D eigenvalue weighted by molar-refractivity contribution is 0.350. The molecule has 104 valence electrons. The van der Waals surface area contributed by atoms with Crippen LogP contribution in [0.1, 0.15) is 29.7 Å². The molecule has 3 rings (SSSR count). The maximum atomic E-state index is 5.86. The Labute approximate surface area is 133 Å². The van der Waals surface area contributed by atoms with Crippen LogP contribution in [-0.4, -0.2) is 13.2 Å². The fraction of sp³-hybridized carbons (Fsp3) is 0.294. The van der Waals surface area contributed by atoms with Crippen molar-refractivity contribution in [3.8, 4) is 5.75 Å². The van der Waals surface area contributed by atoms with Crippen LogP contribution in [-0.2, 0) is 6.42 Å². The zero-order chi connectivity index (χ0) is 13.9. The molecule has 2 aromatic carbocycles. The van der Waals surface area contributed by atoms with Gasteiger partial charge in [-0.3, -0.25) is 0 Å². The third-order valence-electron chi connectivity index (χ3n) is 3.67. The van der Waals surface area contributed by atoms with Gasteiger partial charge in [-0.1, -0.05) is 37.3 Å². The third kappa shape index (κ3) is 2.69. The van der Waals surface area contributed by atoms with Gasteiger partial charge in [-0.2, -0.15) is 0 Å². The van der Waals surface area contributed by atoms with Crippen molar-refractivity contribution in [2.75, 3.05) is 13.2 Å². The monoisotopic (exact) mass is 379 g/mol. The van der Waals surface area contributed by atoms with Crippen LogP contribution in [0.4, 0.5) is 0 Å². The molecule has 0 radical (unpaired) electrons. The molecule has 0 saturated carbocycles. The van der Waals surface area contributed by atoms with E-state index in [2.05, 4.69) is 77.3 Å². The van der Waals surface area contributed by atoms with E-state index in [1.807, 2.05) is 0 Å². The lowest BCUT2D eigenvalue weighted by Gasteiger charge is -2.21. The number of halogens is 1. The molecule has 0 saturated heterocycles. The third-order valence-corrected chi connectivity index (χ3v) is 4.39. The number of ether oxygens (including phenoxy) is 1. The van der Waals surface area contributed by atoms with E-state index in [9.17, 15) is 0 Å². The molecule has 1 atom stereocenters.